The Morgan fingerprint density at radius 1 is 1.05 bits per heavy atom. The molecule has 0 radical (unpaired) electrons. The number of amides is 1. The molecule has 0 fully saturated rings. The number of nitro groups is 1. The number of rotatable bonds is 2. The van der Waals surface area contributed by atoms with Gasteiger partial charge in [-0.3, -0.25) is 14.9 Å². The number of carbonyl (C=O) groups excluding carboxylic acids is 1. The minimum absolute atomic E-state index is 0.0444. The summed E-state index contributed by atoms with van der Waals surface area (Å²) < 4.78 is 0. The van der Waals surface area contributed by atoms with E-state index >= 15 is 0 Å². The first-order valence-electron chi connectivity index (χ1n) is 5.64. The van der Waals surface area contributed by atoms with Crippen LogP contribution in [0, 0.1) is 10.1 Å². The van der Waals surface area contributed by atoms with E-state index in [1.807, 2.05) is 18.2 Å². The molecular weight excluding hydrogens is 244 g/mol. The molecule has 2 aromatic carbocycles. The van der Waals surface area contributed by atoms with Crippen molar-refractivity contribution >= 4 is 17.2 Å². The number of hydrogen-bond donors (Lipinski definition) is 0. The van der Waals surface area contributed by atoms with Gasteiger partial charge in [0.2, 0.25) is 0 Å². The number of fused-ring (bicyclic) bond motifs is 1. The molecule has 19 heavy (non-hydrogen) atoms. The van der Waals surface area contributed by atoms with E-state index < -0.39 is 4.92 Å². The largest absolute Gasteiger partial charge is 0.278 e. The third-order valence-corrected chi connectivity index (χ3v) is 2.96. The van der Waals surface area contributed by atoms with Crippen LogP contribution in [0.4, 0.5) is 5.69 Å². The molecule has 0 bridgehead atoms. The molecule has 5 heteroatoms. The van der Waals surface area contributed by atoms with Gasteiger partial charge in [-0.15, -0.1) is 0 Å². The van der Waals surface area contributed by atoms with Gasteiger partial charge in [0, 0.05) is 17.4 Å². The van der Waals surface area contributed by atoms with Gasteiger partial charge < -0.3 is 0 Å². The van der Waals surface area contributed by atoms with Gasteiger partial charge in [0.15, 0.2) is 0 Å². The molecule has 0 N–H and O–H groups in total. The third kappa shape index (κ3) is 1.81. The summed E-state index contributed by atoms with van der Waals surface area (Å²) in [7, 11) is 0. The summed E-state index contributed by atoms with van der Waals surface area (Å²) in [6.45, 7) is 0. The van der Waals surface area contributed by atoms with Crippen molar-refractivity contribution in [3.63, 3.8) is 0 Å². The lowest BCUT2D eigenvalue weighted by Crippen LogP contribution is -2.23. The first-order chi connectivity index (χ1) is 9.16. The van der Waals surface area contributed by atoms with Gasteiger partial charge >= 0.3 is 0 Å². The second kappa shape index (κ2) is 4.13. The van der Waals surface area contributed by atoms with E-state index in [4.69, 9.17) is 0 Å². The van der Waals surface area contributed by atoms with E-state index in [0.717, 1.165) is 5.56 Å². The predicted octanol–water partition coefficient (Wildman–Crippen LogP) is 0.954. The summed E-state index contributed by atoms with van der Waals surface area (Å²) in [5.74, 6) is -0.360. The Labute approximate surface area is 107 Å². The lowest BCUT2D eigenvalue weighted by molar-refractivity contribution is -0.385. The summed E-state index contributed by atoms with van der Waals surface area (Å²) in [4.78, 5) is 26.2. The number of hydrogen-bond acceptors (Lipinski definition) is 3. The van der Waals surface area contributed by atoms with E-state index in [1.54, 1.807) is 12.1 Å². The molecule has 1 aliphatic rings. The molecule has 1 heterocycles. The molecule has 2 aromatic rings. The monoisotopic (exact) mass is 252 g/mol. The van der Waals surface area contributed by atoms with E-state index in [0.29, 0.717) is 16.1 Å². The van der Waals surface area contributed by atoms with Crippen LogP contribution in [0.15, 0.2) is 53.5 Å². The predicted molar refractivity (Wildman–Crippen MR) is 67.8 cm³/mol. The van der Waals surface area contributed by atoms with Crippen LogP contribution in [0.2, 0.25) is 0 Å². The van der Waals surface area contributed by atoms with Crippen LogP contribution in [0.1, 0.15) is 5.56 Å². The number of benzene rings is 2. The second-order valence-electron chi connectivity index (χ2n) is 4.12. The Morgan fingerprint density at radius 3 is 2.47 bits per heavy atom. The fourth-order valence-corrected chi connectivity index (χ4v) is 2.10. The molecule has 1 amide bonds. The standard InChI is InChI=1S/C14H8N2O3/c17-14-13(9-4-2-1-3-5-9)11-8-10(16(18)19)6-7-12(11)15-14/h1-8H. The molecule has 5 nitrogen and oxygen atoms in total. The Kier molecular flexibility index (Phi) is 2.45. The molecule has 0 aromatic heterocycles. The van der Waals surface area contributed by atoms with Crippen LogP contribution < -0.4 is 10.6 Å². The third-order valence-electron chi connectivity index (χ3n) is 2.96. The summed E-state index contributed by atoms with van der Waals surface area (Å²) in [5.41, 5.74) is 1.09. The van der Waals surface area contributed by atoms with Crippen molar-refractivity contribution in [2.75, 3.05) is 0 Å². The van der Waals surface area contributed by atoms with Gasteiger partial charge in [-0.25, -0.2) is 4.99 Å². The van der Waals surface area contributed by atoms with Crippen LogP contribution in [0.5, 0.6) is 0 Å². The molecule has 0 saturated carbocycles. The van der Waals surface area contributed by atoms with Crippen LogP contribution in [-0.2, 0) is 4.79 Å². The highest BCUT2D eigenvalue weighted by atomic mass is 16.6. The smallest absolute Gasteiger partial charge is 0.267 e. The van der Waals surface area contributed by atoms with Gasteiger partial charge in [0.1, 0.15) is 0 Å². The maximum atomic E-state index is 11.9. The Balaban J connectivity index is 2.36. The zero-order chi connectivity index (χ0) is 13.4. The molecule has 0 aliphatic carbocycles. The van der Waals surface area contributed by atoms with Crippen molar-refractivity contribution in [2.24, 2.45) is 4.99 Å². The molecule has 0 unspecified atom stereocenters. The normalized spacial score (nSPS) is 13.1. The first kappa shape index (κ1) is 11.3. The maximum absolute atomic E-state index is 11.9. The number of carbonyl (C=O) groups is 1. The molecule has 0 saturated heterocycles. The maximum Gasteiger partial charge on any atom is 0.278 e. The first-order valence-corrected chi connectivity index (χ1v) is 5.64. The van der Waals surface area contributed by atoms with Crippen molar-refractivity contribution in [2.45, 2.75) is 0 Å². The molecular formula is C14H8N2O3. The number of nitro benzene ring substituents is 1. The molecule has 3 rings (SSSR count). The topological polar surface area (TPSA) is 72.6 Å². The van der Waals surface area contributed by atoms with Gasteiger partial charge in [0.05, 0.1) is 15.9 Å². The van der Waals surface area contributed by atoms with Crippen molar-refractivity contribution < 1.29 is 9.72 Å². The van der Waals surface area contributed by atoms with Crippen LogP contribution in [-0.4, -0.2) is 10.8 Å². The fourth-order valence-electron chi connectivity index (χ4n) is 2.10. The highest BCUT2D eigenvalue weighted by molar-refractivity contribution is 6.20. The summed E-state index contributed by atoms with van der Waals surface area (Å²) in [6.07, 6.45) is 0. The summed E-state index contributed by atoms with van der Waals surface area (Å²) in [6, 6.07) is 13.3. The van der Waals surface area contributed by atoms with E-state index in [1.165, 1.54) is 18.2 Å². The van der Waals surface area contributed by atoms with Crippen LogP contribution >= 0.6 is 0 Å². The lowest BCUT2D eigenvalue weighted by atomic mass is 10.0. The van der Waals surface area contributed by atoms with Crippen molar-refractivity contribution in [3.05, 3.63) is 74.8 Å². The van der Waals surface area contributed by atoms with Crippen molar-refractivity contribution in [1.82, 2.24) is 0 Å². The van der Waals surface area contributed by atoms with Crippen molar-refractivity contribution in [3.8, 4) is 0 Å². The van der Waals surface area contributed by atoms with E-state index in [-0.39, 0.29) is 11.6 Å². The molecule has 92 valence electrons. The highest BCUT2D eigenvalue weighted by Gasteiger charge is 2.19. The zero-order valence-corrected chi connectivity index (χ0v) is 9.74. The Bertz CT molecular complexity index is 810. The molecule has 0 spiro atoms. The van der Waals surface area contributed by atoms with Crippen LogP contribution in [0.25, 0.3) is 5.57 Å². The molecule has 0 atom stereocenters. The number of nitrogens with zero attached hydrogens (tertiary/aromatic N) is 2. The van der Waals surface area contributed by atoms with Gasteiger partial charge in [-0.05, 0) is 11.6 Å². The highest BCUT2D eigenvalue weighted by Crippen LogP contribution is 2.15. The van der Waals surface area contributed by atoms with Crippen molar-refractivity contribution in [1.29, 1.82) is 0 Å². The Hall–Kier alpha value is -2.82. The van der Waals surface area contributed by atoms with Gasteiger partial charge in [-0.1, -0.05) is 30.3 Å². The fraction of sp³-hybridized carbons (Fsp3) is 0. The average Bonchev–Trinajstić information content (AvgIpc) is 2.74. The Morgan fingerprint density at radius 2 is 1.79 bits per heavy atom. The summed E-state index contributed by atoms with van der Waals surface area (Å²) in [5, 5.41) is 11.8. The quantitative estimate of drug-likeness (QED) is 0.590. The summed E-state index contributed by atoms with van der Waals surface area (Å²) >= 11 is 0. The van der Waals surface area contributed by atoms with Crippen LogP contribution in [0.3, 0.4) is 0 Å². The van der Waals surface area contributed by atoms with E-state index in [9.17, 15) is 14.9 Å². The minimum atomic E-state index is -0.480. The number of non-ortho nitro benzene ring substituents is 1. The van der Waals surface area contributed by atoms with Gasteiger partial charge in [0.25, 0.3) is 11.6 Å². The van der Waals surface area contributed by atoms with E-state index in [2.05, 4.69) is 4.99 Å². The SMILES string of the molecule is O=C1N=c2ccc([N+](=O)[O-])cc2=C1c1ccccc1. The zero-order valence-electron chi connectivity index (χ0n) is 9.74. The average molecular weight is 252 g/mol. The second-order valence-corrected chi connectivity index (χ2v) is 4.12. The minimum Gasteiger partial charge on any atom is -0.267 e. The lowest BCUT2D eigenvalue weighted by Gasteiger charge is -1.99. The molecule has 1 aliphatic heterocycles. The van der Waals surface area contributed by atoms with Gasteiger partial charge in [-0.2, -0.15) is 0 Å².